The molecule has 1 saturated heterocycles. The van der Waals surface area contributed by atoms with Crippen LogP contribution in [0.1, 0.15) is 46.4 Å². The third kappa shape index (κ3) is 4.37. The van der Waals surface area contributed by atoms with Crippen molar-refractivity contribution in [2.24, 2.45) is 11.8 Å². The zero-order valence-electron chi connectivity index (χ0n) is 18.7. The van der Waals surface area contributed by atoms with Gasteiger partial charge >= 0.3 is 0 Å². The average molecular weight is 448 g/mol. The summed E-state index contributed by atoms with van der Waals surface area (Å²) in [5.41, 5.74) is 2.80. The van der Waals surface area contributed by atoms with Gasteiger partial charge in [-0.15, -0.1) is 0 Å². The Bertz CT molecular complexity index is 1010. The lowest BCUT2D eigenvalue weighted by Gasteiger charge is -2.33. The SMILES string of the molecule is O=C(Nc1ccc(N2CCOCC2)cc1)C1CCCCC1CN1C(=O)c2ccccc2C1=O. The predicted molar refractivity (Wildman–Crippen MR) is 125 cm³/mol. The number of carbonyl (C=O) groups excluding carboxylic acids is 3. The van der Waals surface area contributed by atoms with E-state index in [9.17, 15) is 14.4 Å². The van der Waals surface area contributed by atoms with Crippen LogP contribution in [0, 0.1) is 11.8 Å². The number of nitrogens with zero attached hydrogens (tertiary/aromatic N) is 2. The Kier molecular flexibility index (Phi) is 6.13. The average Bonchev–Trinajstić information content (AvgIpc) is 3.10. The Morgan fingerprint density at radius 3 is 2.21 bits per heavy atom. The summed E-state index contributed by atoms with van der Waals surface area (Å²) in [6.45, 7) is 3.49. The lowest BCUT2D eigenvalue weighted by molar-refractivity contribution is -0.122. The van der Waals surface area contributed by atoms with Crippen LogP contribution in [-0.4, -0.2) is 55.5 Å². The van der Waals surface area contributed by atoms with Crippen molar-refractivity contribution in [1.82, 2.24) is 4.90 Å². The first-order chi connectivity index (χ1) is 16.1. The Labute approximate surface area is 193 Å². The lowest BCUT2D eigenvalue weighted by atomic mass is 9.78. The van der Waals surface area contributed by atoms with E-state index in [2.05, 4.69) is 10.2 Å². The molecular weight excluding hydrogens is 418 g/mol. The van der Waals surface area contributed by atoms with E-state index in [0.717, 1.165) is 63.4 Å². The van der Waals surface area contributed by atoms with Crippen LogP contribution in [-0.2, 0) is 9.53 Å². The standard InChI is InChI=1S/C26H29N3O4/c30-24(27-19-9-11-20(12-10-19)28-13-15-33-16-14-28)21-6-2-1-5-18(21)17-29-25(31)22-7-3-4-8-23(22)26(29)32/h3-4,7-12,18,21H,1-2,5-6,13-17H2,(H,27,30). The highest BCUT2D eigenvalue weighted by Gasteiger charge is 2.40. The third-order valence-electron chi connectivity index (χ3n) is 7.05. The number of ether oxygens (including phenoxy) is 1. The minimum absolute atomic E-state index is 0.0320. The highest BCUT2D eigenvalue weighted by molar-refractivity contribution is 6.21. The molecule has 5 rings (SSSR count). The molecule has 3 aliphatic rings. The maximum atomic E-state index is 13.2. The first kappa shape index (κ1) is 21.6. The molecule has 7 nitrogen and oxygen atoms in total. The van der Waals surface area contributed by atoms with E-state index in [-0.39, 0.29) is 29.6 Å². The van der Waals surface area contributed by atoms with Gasteiger partial charge in [-0.25, -0.2) is 0 Å². The molecule has 0 bridgehead atoms. The summed E-state index contributed by atoms with van der Waals surface area (Å²) >= 11 is 0. The van der Waals surface area contributed by atoms with E-state index < -0.39 is 0 Å². The maximum absolute atomic E-state index is 13.2. The molecule has 0 radical (unpaired) electrons. The third-order valence-corrected chi connectivity index (χ3v) is 7.05. The summed E-state index contributed by atoms with van der Waals surface area (Å²) in [5.74, 6) is -0.788. The van der Waals surface area contributed by atoms with Crippen LogP contribution in [0.2, 0.25) is 0 Å². The number of fused-ring (bicyclic) bond motifs is 1. The molecule has 1 saturated carbocycles. The Morgan fingerprint density at radius 2 is 1.55 bits per heavy atom. The zero-order chi connectivity index (χ0) is 22.8. The molecule has 0 spiro atoms. The number of nitrogens with one attached hydrogen (secondary N) is 1. The molecule has 2 aromatic rings. The second-order valence-electron chi connectivity index (χ2n) is 9.05. The molecule has 172 valence electrons. The Hall–Kier alpha value is -3.19. The van der Waals surface area contributed by atoms with Gasteiger partial charge < -0.3 is 15.0 Å². The molecule has 33 heavy (non-hydrogen) atoms. The number of rotatable bonds is 5. The van der Waals surface area contributed by atoms with Crippen LogP contribution in [0.3, 0.4) is 0 Å². The minimum Gasteiger partial charge on any atom is -0.378 e. The van der Waals surface area contributed by atoms with E-state index in [0.29, 0.717) is 17.7 Å². The van der Waals surface area contributed by atoms with Gasteiger partial charge in [-0.1, -0.05) is 25.0 Å². The molecule has 2 heterocycles. The molecule has 2 unspecified atom stereocenters. The van der Waals surface area contributed by atoms with E-state index in [4.69, 9.17) is 4.74 Å². The van der Waals surface area contributed by atoms with Gasteiger partial charge in [-0.2, -0.15) is 0 Å². The van der Waals surface area contributed by atoms with E-state index in [1.54, 1.807) is 24.3 Å². The molecule has 0 aromatic heterocycles. The molecule has 2 aromatic carbocycles. The number of carbonyl (C=O) groups is 3. The number of hydrogen-bond donors (Lipinski definition) is 1. The largest absolute Gasteiger partial charge is 0.378 e. The zero-order valence-corrected chi connectivity index (χ0v) is 18.7. The van der Waals surface area contributed by atoms with Crippen LogP contribution in [0.5, 0.6) is 0 Å². The van der Waals surface area contributed by atoms with Crippen molar-refractivity contribution < 1.29 is 19.1 Å². The van der Waals surface area contributed by atoms with E-state index in [1.807, 2.05) is 24.3 Å². The van der Waals surface area contributed by atoms with Crippen molar-refractivity contribution in [2.45, 2.75) is 25.7 Å². The van der Waals surface area contributed by atoms with Crippen molar-refractivity contribution in [3.63, 3.8) is 0 Å². The summed E-state index contributed by atoms with van der Waals surface area (Å²) in [5, 5.41) is 3.07. The molecule has 2 aliphatic heterocycles. The Morgan fingerprint density at radius 1 is 0.909 bits per heavy atom. The van der Waals surface area contributed by atoms with Crippen LogP contribution < -0.4 is 10.2 Å². The molecule has 1 N–H and O–H groups in total. The van der Waals surface area contributed by atoms with Crippen LogP contribution in [0.15, 0.2) is 48.5 Å². The summed E-state index contributed by atoms with van der Waals surface area (Å²) < 4.78 is 5.41. The van der Waals surface area contributed by atoms with Gasteiger partial charge in [0.25, 0.3) is 11.8 Å². The second-order valence-corrected chi connectivity index (χ2v) is 9.05. The Balaban J connectivity index is 1.25. The molecule has 3 amide bonds. The molecule has 2 fully saturated rings. The van der Waals surface area contributed by atoms with Gasteiger partial charge in [0.1, 0.15) is 0 Å². The first-order valence-electron chi connectivity index (χ1n) is 11.8. The fourth-order valence-corrected chi connectivity index (χ4v) is 5.22. The summed E-state index contributed by atoms with van der Waals surface area (Å²) in [6.07, 6.45) is 3.59. The lowest BCUT2D eigenvalue weighted by Crippen LogP contribution is -2.41. The number of anilines is 2. The van der Waals surface area contributed by atoms with Crippen molar-refractivity contribution >= 4 is 29.1 Å². The van der Waals surface area contributed by atoms with Crippen LogP contribution >= 0.6 is 0 Å². The number of imide groups is 1. The molecule has 1 aliphatic carbocycles. The highest BCUT2D eigenvalue weighted by atomic mass is 16.5. The summed E-state index contributed by atoms with van der Waals surface area (Å²) in [7, 11) is 0. The van der Waals surface area contributed by atoms with Crippen molar-refractivity contribution in [3.05, 3.63) is 59.7 Å². The first-order valence-corrected chi connectivity index (χ1v) is 11.8. The van der Waals surface area contributed by atoms with Gasteiger partial charge in [0.2, 0.25) is 5.91 Å². The minimum atomic E-state index is -0.251. The number of benzene rings is 2. The fraction of sp³-hybridized carbons (Fsp3) is 0.423. The van der Waals surface area contributed by atoms with Gasteiger partial charge in [-0.3, -0.25) is 19.3 Å². The maximum Gasteiger partial charge on any atom is 0.261 e. The number of hydrogen-bond acceptors (Lipinski definition) is 5. The molecule has 7 heteroatoms. The van der Waals surface area contributed by atoms with E-state index in [1.165, 1.54) is 4.90 Å². The second kappa shape index (κ2) is 9.35. The molecule has 2 atom stereocenters. The smallest absolute Gasteiger partial charge is 0.261 e. The predicted octanol–water partition coefficient (Wildman–Crippen LogP) is 3.56. The number of morpholine rings is 1. The summed E-state index contributed by atoms with van der Waals surface area (Å²) in [6, 6.07) is 14.9. The van der Waals surface area contributed by atoms with Crippen LogP contribution in [0.4, 0.5) is 11.4 Å². The fourth-order valence-electron chi connectivity index (χ4n) is 5.22. The van der Waals surface area contributed by atoms with Gasteiger partial charge in [0.05, 0.1) is 24.3 Å². The van der Waals surface area contributed by atoms with Gasteiger partial charge in [-0.05, 0) is 55.2 Å². The van der Waals surface area contributed by atoms with Gasteiger partial charge in [0.15, 0.2) is 0 Å². The van der Waals surface area contributed by atoms with Gasteiger partial charge in [0, 0.05) is 36.9 Å². The van der Waals surface area contributed by atoms with Crippen molar-refractivity contribution in [3.8, 4) is 0 Å². The highest BCUT2D eigenvalue weighted by Crippen LogP contribution is 2.34. The van der Waals surface area contributed by atoms with Crippen molar-refractivity contribution in [1.29, 1.82) is 0 Å². The molecular formula is C26H29N3O4. The van der Waals surface area contributed by atoms with Crippen molar-refractivity contribution in [2.75, 3.05) is 43.1 Å². The van der Waals surface area contributed by atoms with Crippen LogP contribution in [0.25, 0.3) is 0 Å². The summed E-state index contributed by atoms with van der Waals surface area (Å²) in [4.78, 5) is 42.4. The number of amides is 3. The monoisotopic (exact) mass is 447 g/mol. The topological polar surface area (TPSA) is 79.0 Å². The van der Waals surface area contributed by atoms with E-state index >= 15 is 0 Å². The quantitative estimate of drug-likeness (QED) is 0.709. The normalized spacial score (nSPS) is 22.9.